The third-order valence-corrected chi connectivity index (χ3v) is 15.5. The molecule has 6 heteroatoms. The van der Waals surface area contributed by atoms with Crippen molar-refractivity contribution in [3.05, 3.63) is 234 Å². The van der Waals surface area contributed by atoms with Gasteiger partial charge in [-0.05, 0) is 126 Å². The Kier molecular flexibility index (Phi) is 14.3. The molecule has 2 aromatic heterocycles. The van der Waals surface area contributed by atoms with E-state index in [1.54, 1.807) is 0 Å². The summed E-state index contributed by atoms with van der Waals surface area (Å²) in [5.74, 6) is 2.73. The summed E-state index contributed by atoms with van der Waals surface area (Å²) >= 11 is 0. The summed E-state index contributed by atoms with van der Waals surface area (Å²) < 4.78 is 9.13. The Morgan fingerprint density at radius 2 is 1.17 bits per heavy atom. The Labute approximate surface area is 471 Å². The van der Waals surface area contributed by atoms with Crippen LogP contribution in [0.15, 0.2) is 182 Å². The largest absolute Gasteiger partial charge is 0.509 e. The number of benzene rings is 8. The van der Waals surface area contributed by atoms with Gasteiger partial charge in [0.2, 0.25) is 0 Å². The van der Waals surface area contributed by atoms with Crippen LogP contribution in [0.4, 0.5) is 22.7 Å². The first kappa shape index (κ1) is 53.2. The molecular formula is C71H69N4OPt-3. The van der Waals surface area contributed by atoms with Crippen molar-refractivity contribution in [2.75, 3.05) is 9.80 Å². The van der Waals surface area contributed by atoms with Gasteiger partial charge in [-0.2, -0.15) is 12.1 Å². The third-order valence-electron chi connectivity index (χ3n) is 15.5. The van der Waals surface area contributed by atoms with Crippen molar-refractivity contribution in [1.29, 1.82) is 0 Å². The Morgan fingerprint density at radius 3 is 1.86 bits per heavy atom. The summed E-state index contributed by atoms with van der Waals surface area (Å²) in [6.45, 7) is 29.6. The molecule has 10 aromatic rings. The second kappa shape index (κ2) is 20.6. The van der Waals surface area contributed by atoms with E-state index >= 15 is 0 Å². The fourth-order valence-electron chi connectivity index (χ4n) is 11.0. The van der Waals surface area contributed by atoms with E-state index in [0.717, 1.165) is 50.4 Å². The molecule has 8 aromatic carbocycles. The molecule has 0 radical (unpaired) electrons. The molecule has 0 atom stereocenters. The Balaban J connectivity index is 0.00000672. The van der Waals surface area contributed by atoms with E-state index in [2.05, 4.69) is 280 Å². The zero-order valence-corrected chi connectivity index (χ0v) is 48.8. The SMILES string of the molecule is CC(C)c1cccc(C(C)C)c1-c1ccc2c(c1)N(c1[c-]c(Oc3[c-]c4c(cc3)c3cc(C(C)(C)c5ccccc5)ccc3n4-c3cc(C(C)(C)C)ccn3)ccc1)[CH-]N2c1cc(-c2ccccc2)cc(C(C)(C)C)c1.[Pt]. The second-order valence-electron chi connectivity index (χ2n) is 23.9. The van der Waals surface area contributed by atoms with Crippen molar-refractivity contribution in [3.8, 4) is 39.6 Å². The topological polar surface area (TPSA) is 33.5 Å². The van der Waals surface area contributed by atoms with Crippen molar-refractivity contribution in [3.63, 3.8) is 0 Å². The van der Waals surface area contributed by atoms with Gasteiger partial charge in [-0.15, -0.1) is 48.1 Å². The van der Waals surface area contributed by atoms with Gasteiger partial charge >= 0.3 is 0 Å². The predicted molar refractivity (Wildman–Crippen MR) is 319 cm³/mol. The van der Waals surface area contributed by atoms with E-state index < -0.39 is 0 Å². The van der Waals surface area contributed by atoms with Crippen LogP contribution < -0.4 is 14.5 Å². The number of ether oxygens (including phenoxy) is 1. The molecule has 0 N–H and O–H groups in total. The third kappa shape index (κ3) is 10.2. The normalized spacial score (nSPS) is 13.0. The minimum atomic E-state index is -0.217. The van der Waals surface area contributed by atoms with Gasteiger partial charge < -0.3 is 19.1 Å². The van der Waals surface area contributed by atoms with E-state index in [-0.39, 0.29) is 37.3 Å². The summed E-state index contributed by atoms with van der Waals surface area (Å²) in [7, 11) is 0. The predicted octanol–water partition coefficient (Wildman–Crippen LogP) is 19.5. The maximum Gasteiger partial charge on any atom is 0.135 e. The van der Waals surface area contributed by atoms with Crippen molar-refractivity contribution in [2.24, 2.45) is 0 Å². The summed E-state index contributed by atoms with van der Waals surface area (Å²) in [5.41, 5.74) is 18.3. The number of anilines is 4. The number of hydrogen-bond acceptors (Lipinski definition) is 4. The number of pyridine rings is 1. The van der Waals surface area contributed by atoms with Gasteiger partial charge in [-0.25, -0.2) is 4.98 Å². The van der Waals surface area contributed by atoms with Crippen molar-refractivity contribution in [2.45, 2.75) is 111 Å². The molecule has 392 valence electrons. The first-order chi connectivity index (χ1) is 36.3. The van der Waals surface area contributed by atoms with Gasteiger partial charge in [0.05, 0.1) is 0 Å². The van der Waals surface area contributed by atoms with E-state index in [9.17, 15) is 0 Å². The van der Waals surface area contributed by atoms with Gasteiger partial charge in [-0.1, -0.05) is 192 Å². The fraction of sp³-hybridized carbons (Fsp3) is 0.239. The first-order valence-electron chi connectivity index (χ1n) is 27.0. The monoisotopic (exact) mass is 1190 g/mol. The van der Waals surface area contributed by atoms with Crippen LogP contribution in [0.5, 0.6) is 11.5 Å². The quantitative estimate of drug-likeness (QED) is 0.121. The van der Waals surface area contributed by atoms with Crippen LogP contribution in [0.25, 0.3) is 49.9 Å². The molecule has 77 heavy (non-hydrogen) atoms. The molecule has 3 heterocycles. The average molecular weight is 1190 g/mol. The Bertz CT molecular complexity index is 3760. The summed E-state index contributed by atoms with van der Waals surface area (Å²) in [4.78, 5) is 9.62. The standard InChI is InChI=1S/C71H69N4O.Pt/c1-46(2)59-27-20-28-60(47(3)4)68(59)49-29-33-64-66(39-49)73(45-74(64)56-38-50(48-21-15-13-16-22-48)37-54(40-56)70(8,9)10)55-25-19-26-57(43-55)76-58-31-32-61-62-41-53(71(11,12)51-23-17-14-18-24-51)30-34-63(62)75(65(61)44-58)67-42-52(35-36-72-67)69(5,6)7;/h13-42,45-47H,1-12H3;/q-3;. The molecule has 0 amide bonds. The molecule has 5 nitrogen and oxygen atoms in total. The van der Waals surface area contributed by atoms with Crippen LogP contribution in [0, 0.1) is 18.8 Å². The van der Waals surface area contributed by atoms with Crippen LogP contribution in [-0.4, -0.2) is 9.55 Å². The van der Waals surface area contributed by atoms with Crippen LogP contribution in [0.2, 0.25) is 0 Å². The Hall–Kier alpha value is -7.20. The van der Waals surface area contributed by atoms with Gasteiger partial charge in [0.25, 0.3) is 0 Å². The van der Waals surface area contributed by atoms with Gasteiger partial charge in [0.15, 0.2) is 0 Å². The number of fused-ring (bicyclic) bond motifs is 4. The van der Waals surface area contributed by atoms with Crippen LogP contribution in [-0.2, 0) is 37.3 Å². The van der Waals surface area contributed by atoms with Crippen molar-refractivity contribution >= 4 is 44.6 Å². The van der Waals surface area contributed by atoms with Gasteiger partial charge in [0.1, 0.15) is 5.82 Å². The first-order valence-corrected chi connectivity index (χ1v) is 27.0. The number of rotatable bonds is 11. The zero-order valence-electron chi connectivity index (χ0n) is 46.6. The van der Waals surface area contributed by atoms with Crippen LogP contribution >= 0.6 is 0 Å². The van der Waals surface area contributed by atoms with Crippen LogP contribution in [0.3, 0.4) is 0 Å². The molecule has 0 saturated heterocycles. The molecular weight excluding hydrogens is 1120 g/mol. The van der Waals surface area contributed by atoms with Crippen LogP contribution in [0.1, 0.15) is 128 Å². The van der Waals surface area contributed by atoms with E-state index in [1.165, 1.54) is 55.6 Å². The molecule has 0 saturated carbocycles. The molecule has 0 unspecified atom stereocenters. The molecule has 1 aliphatic heterocycles. The van der Waals surface area contributed by atoms with Gasteiger partial charge in [0, 0.05) is 66.8 Å². The smallest absolute Gasteiger partial charge is 0.135 e. The number of nitrogens with zero attached hydrogens (tertiary/aromatic N) is 4. The van der Waals surface area contributed by atoms with Crippen molar-refractivity contribution < 1.29 is 25.8 Å². The summed E-state index contributed by atoms with van der Waals surface area (Å²) in [6.07, 6.45) is 1.93. The summed E-state index contributed by atoms with van der Waals surface area (Å²) in [5, 5.41) is 2.22. The molecule has 0 bridgehead atoms. The zero-order chi connectivity index (χ0) is 53.3. The Morgan fingerprint density at radius 1 is 0.494 bits per heavy atom. The molecule has 0 spiro atoms. The molecule has 0 fully saturated rings. The fourth-order valence-corrected chi connectivity index (χ4v) is 11.0. The van der Waals surface area contributed by atoms with E-state index in [0.29, 0.717) is 23.3 Å². The maximum atomic E-state index is 6.88. The molecule has 1 aliphatic rings. The molecule has 11 rings (SSSR count). The minimum absolute atomic E-state index is 0. The number of hydrogen-bond donors (Lipinski definition) is 0. The summed E-state index contributed by atoms with van der Waals surface area (Å²) in [6, 6.07) is 71.4. The van der Waals surface area contributed by atoms with E-state index in [1.807, 2.05) is 18.3 Å². The van der Waals surface area contributed by atoms with E-state index in [4.69, 9.17) is 9.72 Å². The number of aromatic nitrogens is 2. The molecule has 0 aliphatic carbocycles. The van der Waals surface area contributed by atoms with Crippen molar-refractivity contribution in [1.82, 2.24) is 9.55 Å². The van der Waals surface area contributed by atoms with Gasteiger partial charge in [-0.3, -0.25) is 0 Å². The maximum absolute atomic E-state index is 6.88. The minimum Gasteiger partial charge on any atom is -0.509 e. The average Bonchev–Trinajstić information content (AvgIpc) is 4.11. The second-order valence-corrected chi connectivity index (χ2v) is 23.9.